The number of carboxylic acids is 1. The topological polar surface area (TPSA) is 106 Å². The van der Waals surface area contributed by atoms with Crippen molar-refractivity contribution >= 4 is 34.7 Å². The lowest BCUT2D eigenvalue weighted by Crippen LogP contribution is -2.28. The maximum absolute atomic E-state index is 11.1. The summed E-state index contributed by atoms with van der Waals surface area (Å²) >= 11 is 0.918. The second-order valence-corrected chi connectivity index (χ2v) is 4.71. The predicted molar refractivity (Wildman–Crippen MR) is 65.1 cm³/mol. The van der Waals surface area contributed by atoms with Crippen molar-refractivity contribution in [2.24, 2.45) is 5.73 Å². The number of thioether (sulfide) groups is 1. The second kappa shape index (κ2) is 5.09. The number of fused-ring (bicyclic) bond motifs is 1. The van der Waals surface area contributed by atoms with Gasteiger partial charge in [-0.15, -0.1) is 0 Å². The number of benzene rings is 1. The lowest BCUT2D eigenvalue weighted by molar-refractivity contribution is -0.138. The summed E-state index contributed by atoms with van der Waals surface area (Å²) in [6, 6.07) is 7.11. The molecule has 0 aliphatic rings. The van der Waals surface area contributed by atoms with E-state index in [1.165, 1.54) is 0 Å². The van der Waals surface area contributed by atoms with Crippen LogP contribution in [0.4, 0.5) is 0 Å². The van der Waals surface area contributed by atoms with Crippen LogP contribution in [-0.2, 0) is 9.59 Å². The first-order valence-corrected chi connectivity index (χ1v) is 5.97. The van der Waals surface area contributed by atoms with Crippen LogP contribution in [0.2, 0.25) is 0 Å². The monoisotopic (exact) mass is 266 g/mol. The summed E-state index contributed by atoms with van der Waals surface area (Å²) in [6.45, 7) is 0. The SMILES string of the molecule is NC(=O)C(CC(=O)O)Sc1nc2ccccc2o1. The van der Waals surface area contributed by atoms with Crippen LogP contribution in [0.25, 0.3) is 11.1 Å². The lowest BCUT2D eigenvalue weighted by Gasteiger charge is -2.06. The van der Waals surface area contributed by atoms with E-state index in [1.807, 2.05) is 6.07 Å². The molecular formula is C11H10N2O4S. The molecule has 1 unspecified atom stereocenters. The number of rotatable bonds is 5. The number of nitrogens with two attached hydrogens (primary N) is 1. The molecule has 3 N–H and O–H groups in total. The number of hydrogen-bond acceptors (Lipinski definition) is 5. The van der Waals surface area contributed by atoms with Gasteiger partial charge in [0.15, 0.2) is 5.58 Å². The third-order valence-corrected chi connectivity index (χ3v) is 3.25. The number of primary amides is 1. The zero-order chi connectivity index (χ0) is 13.1. The molecule has 0 aliphatic carbocycles. The molecule has 1 amide bonds. The maximum atomic E-state index is 11.1. The molecule has 0 saturated heterocycles. The number of aliphatic carboxylic acids is 1. The van der Waals surface area contributed by atoms with Crippen molar-refractivity contribution in [3.05, 3.63) is 24.3 Å². The summed E-state index contributed by atoms with van der Waals surface area (Å²) < 4.78 is 5.38. The number of carbonyl (C=O) groups is 2. The van der Waals surface area contributed by atoms with Gasteiger partial charge in [0.25, 0.3) is 5.22 Å². The number of oxazole rings is 1. The molecule has 0 spiro atoms. The van der Waals surface area contributed by atoms with Crippen LogP contribution >= 0.6 is 11.8 Å². The molecule has 0 saturated carbocycles. The van der Waals surface area contributed by atoms with Gasteiger partial charge in [0, 0.05) is 0 Å². The Balaban J connectivity index is 2.20. The molecule has 0 radical (unpaired) electrons. The van der Waals surface area contributed by atoms with Crippen LogP contribution < -0.4 is 5.73 Å². The minimum absolute atomic E-state index is 0.237. The smallest absolute Gasteiger partial charge is 0.305 e. The standard InChI is InChI=1S/C11H10N2O4S/c12-10(16)8(5-9(14)15)18-11-13-6-3-1-2-4-7(6)17-11/h1-4,8H,5H2,(H2,12,16)(H,14,15). The fraction of sp³-hybridized carbons (Fsp3) is 0.182. The van der Waals surface area contributed by atoms with Crippen molar-refractivity contribution in [2.75, 3.05) is 0 Å². The number of para-hydroxylation sites is 2. The van der Waals surface area contributed by atoms with E-state index < -0.39 is 17.1 Å². The summed E-state index contributed by atoms with van der Waals surface area (Å²) in [5, 5.41) is 8.02. The normalized spacial score (nSPS) is 12.4. The van der Waals surface area contributed by atoms with Gasteiger partial charge in [-0.25, -0.2) is 4.98 Å². The van der Waals surface area contributed by atoms with Gasteiger partial charge in [-0.05, 0) is 12.1 Å². The van der Waals surface area contributed by atoms with Crippen LogP contribution in [-0.4, -0.2) is 27.2 Å². The fourth-order valence-electron chi connectivity index (χ4n) is 1.38. The third kappa shape index (κ3) is 2.80. The molecule has 7 heteroatoms. The molecule has 1 aromatic carbocycles. The summed E-state index contributed by atoms with van der Waals surface area (Å²) in [5.74, 6) is -1.80. The largest absolute Gasteiger partial charge is 0.481 e. The average molecular weight is 266 g/mol. The van der Waals surface area contributed by atoms with Gasteiger partial charge >= 0.3 is 5.97 Å². The zero-order valence-corrected chi connectivity index (χ0v) is 10.0. The molecule has 1 aromatic heterocycles. The van der Waals surface area contributed by atoms with E-state index in [0.29, 0.717) is 11.1 Å². The molecular weight excluding hydrogens is 256 g/mol. The van der Waals surface area contributed by atoms with Crippen molar-refractivity contribution in [3.63, 3.8) is 0 Å². The van der Waals surface area contributed by atoms with Crippen molar-refractivity contribution in [3.8, 4) is 0 Å². The number of nitrogens with zero attached hydrogens (tertiary/aromatic N) is 1. The molecule has 18 heavy (non-hydrogen) atoms. The Morgan fingerprint density at radius 2 is 2.17 bits per heavy atom. The maximum Gasteiger partial charge on any atom is 0.305 e. The highest BCUT2D eigenvalue weighted by Crippen LogP contribution is 2.28. The Morgan fingerprint density at radius 3 is 2.78 bits per heavy atom. The first kappa shape index (κ1) is 12.4. The summed E-state index contributed by atoms with van der Waals surface area (Å²) in [4.78, 5) is 25.9. The van der Waals surface area contributed by atoms with Crippen molar-refractivity contribution < 1.29 is 19.1 Å². The minimum atomic E-state index is -1.09. The highest BCUT2D eigenvalue weighted by Gasteiger charge is 2.23. The van der Waals surface area contributed by atoms with Crippen LogP contribution in [0.5, 0.6) is 0 Å². The third-order valence-electron chi connectivity index (χ3n) is 2.19. The van der Waals surface area contributed by atoms with Crippen LogP contribution in [0.1, 0.15) is 6.42 Å². The van der Waals surface area contributed by atoms with Crippen LogP contribution in [0.3, 0.4) is 0 Å². The number of carbonyl (C=O) groups excluding carboxylic acids is 1. The second-order valence-electron chi connectivity index (χ2n) is 3.55. The molecule has 1 atom stereocenters. The Hall–Kier alpha value is -2.02. The summed E-state index contributed by atoms with van der Waals surface area (Å²) in [5.41, 5.74) is 6.37. The Morgan fingerprint density at radius 1 is 1.44 bits per heavy atom. The van der Waals surface area contributed by atoms with Gasteiger partial charge in [0.2, 0.25) is 5.91 Å². The molecule has 2 aromatic rings. The fourth-order valence-corrected chi connectivity index (χ4v) is 2.26. The minimum Gasteiger partial charge on any atom is -0.481 e. The quantitative estimate of drug-likeness (QED) is 0.789. The number of carboxylic acid groups (broad SMARTS) is 1. The number of aromatic nitrogens is 1. The Bertz CT molecular complexity index is 562. The molecule has 94 valence electrons. The van der Waals surface area contributed by atoms with Gasteiger partial charge in [0.1, 0.15) is 10.8 Å². The molecule has 0 aliphatic heterocycles. The van der Waals surface area contributed by atoms with Gasteiger partial charge in [0.05, 0.1) is 6.42 Å². The van der Waals surface area contributed by atoms with E-state index in [2.05, 4.69) is 4.98 Å². The highest BCUT2D eigenvalue weighted by atomic mass is 32.2. The van der Waals surface area contributed by atoms with Crippen LogP contribution in [0.15, 0.2) is 33.9 Å². The predicted octanol–water partition coefficient (Wildman–Crippen LogP) is 1.25. The number of hydrogen-bond donors (Lipinski definition) is 2. The van der Waals surface area contributed by atoms with Crippen LogP contribution in [0, 0.1) is 0 Å². The molecule has 0 fully saturated rings. The van der Waals surface area contributed by atoms with Crippen molar-refractivity contribution in [2.45, 2.75) is 16.9 Å². The van der Waals surface area contributed by atoms with Crippen molar-refractivity contribution in [1.82, 2.24) is 4.98 Å². The van der Waals surface area contributed by atoms with Gasteiger partial charge in [-0.3, -0.25) is 9.59 Å². The Kier molecular flexibility index (Phi) is 3.52. The summed E-state index contributed by atoms with van der Waals surface area (Å²) in [7, 11) is 0. The van der Waals surface area contributed by atoms with E-state index in [1.54, 1.807) is 18.2 Å². The first-order valence-electron chi connectivity index (χ1n) is 5.09. The first-order chi connectivity index (χ1) is 8.56. The Labute approximate surface area is 106 Å². The zero-order valence-electron chi connectivity index (χ0n) is 9.20. The molecule has 1 heterocycles. The van der Waals surface area contributed by atoms with E-state index in [0.717, 1.165) is 11.8 Å². The van der Waals surface area contributed by atoms with E-state index in [4.69, 9.17) is 15.3 Å². The van der Waals surface area contributed by atoms with E-state index in [9.17, 15) is 9.59 Å². The highest BCUT2D eigenvalue weighted by molar-refractivity contribution is 8.00. The number of amides is 1. The lowest BCUT2D eigenvalue weighted by atomic mass is 10.3. The average Bonchev–Trinajstić information content (AvgIpc) is 2.69. The summed E-state index contributed by atoms with van der Waals surface area (Å²) in [6.07, 6.45) is -0.362. The van der Waals surface area contributed by atoms with Gasteiger partial charge in [-0.1, -0.05) is 23.9 Å². The van der Waals surface area contributed by atoms with Crippen molar-refractivity contribution in [1.29, 1.82) is 0 Å². The molecule has 6 nitrogen and oxygen atoms in total. The molecule has 0 bridgehead atoms. The van der Waals surface area contributed by atoms with E-state index >= 15 is 0 Å². The van der Waals surface area contributed by atoms with Gasteiger partial charge in [-0.2, -0.15) is 0 Å². The van der Waals surface area contributed by atoms with E-state index in [-0.39, 0.29) is 11.6 Å². The van der Waals surface area contributed by atoms with Gasteiger partial charge < -0.3 is 15.3 Å². The molecule has 2 rings (SSSR count).